The summed E-state index contributed by atoms with van der Waals surface area (Å²) in [7, 11) is -0.593. The van der Waals surface area contributed by atoms with Crippen LogP contribution in [0.25, 0.3) is 0 Å². The highest BCUT2D eigenvalue weighted by Crippen LogP contribution is 2.39. The first kappa shape index (κ1) is 15.9. The minimum atomic E-state index is -3.57. The van der Waals surface area contributed by atoms with E-state index >= 15 is 0 Å². The maximum Gasteiger partial charge on any atom is 0.249 e. The molecule has 9 heteroatoms. The lowest BCUT2D eigenvalue weighted by Gasteiger charge is -2.23. The van der Waals surface area contributed by atoms with Gasteiger partial charge < -0.3 is 11.1 Å². The minimum absolute atomic E-state index is 0.0652. The summed E-state index contributed by atoms with van der Waals surface area (Å²) in [6.07, 6.45) is 2.34. The summed E-state index contributed by atoms with van der Waals surface area (Å²) in [6, 6.07) is 0. The van der Waals surface area contributed by atoms with Gasteiger partial charge in [-0.05, 0) is 37.1 Å². The first-order valence-corrected chi connectivity index (χ1v) is 9.52. The third-order valence-corrected chi connectivity index (χ3v) is 7.71. The van der Waals surface area contributed by atoms with Gasteiger partial charge in [0.05, 0.1) is 0 Å². The van der Waals surface area contributed by atoms with Crippen molar-refractivity contribution in [3.8, 4) is 0 Å². The van der Waals surface area contributed by atoms with Gasteiger partial charge in [-0.25, -0.2) is 12.7 Å². The standard InChI is InChI=1S/C11H20N4O2S3/c1-11(5-4-6-18-11)7-13-10-8(9(12)14-19-10)20(16,17)15(2)3/h13H,4-7H2,1-3H3,(H2,12,14). The molecule has 1 aromatic heterocycles. The van der Waals surface area contributed by atoms with Crippen LogP contribution in [0, 0.1) is 0 Å². The predicted octanol–water partition coefficient (Wildman–Crippen LogP) is 1.67. The van der Waals surface area contributed by atoms with Gasteiger partial charge in [-0.2, -0.15) is 16.1 Å². The second-order valence-electron chi connectivity index (χ2n) is 5.27. The molecule has 1 unspecified atom stereocenters. The number of hydrogen-bond donors (Lipinski definition) is 2. The van der Waals surface area contributed by atoms with E-state index in [1.54, 1.807) is 0 Å². The van der Waals surface area contributed by atoms with Crippen LogP contribution in [-0.2, 0) is 10.0 Å². The lowest BCUT2D eigenvalue weighted by atomic mass is 10.1. The van der Waals surface area contributed by atoms with Gasteiger partial charge in [0, 0.05) is 25.4 Å². The zero-order chi connectivity index (χ0) is 15.0. The highest BCUT2D eigenvalue weighted by Gasteiger charge is 2.32. The van der Waals surface area contributed by atoms with Crippen LogP contribution in [0.2, 0.25) is 0 Å². The Kier molecular flexibility index (Phi) is 4.53. The summed E-state index contributed by atoms with van der Waals surface area (Å²) in [6.45, 7) is 2.91. The average Bonchev–Trinajstić information content (AvgIpc) is 2.94. The average molecular weight is 337 g/mol. The number of anilines is 2. The number of nitrogen functional groups attached to an aromatic ring is 1. The van der Waals surface area contributed by atoms with Crippen LogP contribution in [0.5, 0.6) is 0 Å². The molecule has 6 nitrogen and oxygen atoms in total. The van der Waals surface area contributed by atoms with Crippen molar-refractivity contribution in [3.63, 3.8) is 0 Å². The molecule has 0 aliphatic carbocycles. The molecular formula is C11H20N4O2S3. The van der Waals surface area contributed by atoms with Crippen LogP contribution in [-0.4, -0.2) is 48.2 Å². The monoisotopic (exact) mass is 336 g/mol. The molecule has 0 bridgehead atoms. The molecule has 114 valence electrons. The summed E-state index contributed by atoms with van der Waals surface area (Å²) in [5.74, 6) is 1.22. The van der Waals surface area contributed by atoms with E-state index in [1.807, 2.05) is 11.8 Å². The van der Waals surface area contributed by atoms with Gasteiger partial charge >= 0.3 is 0 Å². The molecule has 0 amide bonds. The van der Waals surface area contributed by atoms with Gasteiger partial charge in [0.1, 0.15) is 5.00 Å². The second kappa shape index (κ2) is 5.70. The Morgan fingerprint density at radius 1 is 1.50 bits per heavy atom. The Balaban J connectivity index is 2.22. The highest BCUT2D eigenvalue weighted by molar-refractivity contribution is 8.00. The molecule has 1 aliphatic rings. The predicted molar refractivity (Wildman–Crippen MR) is 86.0 cm³/mol. The van der Waals surface area contributed by atoms with E-state index in [4.69, 9.17) is 5.73 Å². The third kappa shape index (κ3) is 3.05. The van der Waals surface area contributed by atoms with Crippen LogP contribution in [0.4, 0.5) is 10.8 Å². The van der Waals surface area contributed by atoms with E-state index in [-0.39, 0.29) is 15.5 Å². The number of thioether (sulfide) groups is 1. The van der Waals surface area contributed by atoms with Crippen molar-refractivity contribution in [2.45, 2.75) is 29.4 Å². The summed E-state index contributed by atoms with van der Waals surface area (Å²) in [5, 5.41) is 3.76. The highest BCUT2D eigenvalue weighted by atomic mass is 32.2. The Labute approximate surface area is 128 Å². The largest absolute Gasteiger partial charge is 0.382 e. The summed E-state index contributed by atoms with van der Waals surface area (Å²) in [5.41, 5.74) is 5.73. The molecule has 1 aromatic rings. The van der Waals surface area contributed by atoms with Crippen molar-refractivity contribution in [3.05, 3.63) is 0 Å². The fraction of sp³-hybridized carbons (Fsp3) is 0.727. The Bertz CT molecular complexity index is 576. The van der Waals surface area contributed by atoms with Crippen LogP contribution < -0.4 is 11.1 Å². The smallest absolute Gasteiger partial charge is 0.249 e. The molecule has 1 saturated heterocycles. The quantitative estimate of drug-likeness (QED) is 0.850. The number of nitrogens with zero attached hydrogens (tertiary/aromatic N) is 2. The van der Waals surface area contributed by atoms with Crippen LogP contribution >= 0.6 is 23.3 Å². The van der Waals surface area contributed by atoms with E-state index in [9.17, 15) is 8.42 Å². The zero-order valence-corrected chi connectivity index (χ0v) is 14.3. The molecule has 20 heavy (non-hydrogen) atoms. The van der Waals surface area contributed by atoms with Crippen LogP contribution in [0.15, 0.2) is 4.90 Å². The van der Waals surface area contributed by atoms with E-state index in [0.29, 0.717) is 5.00 Å². The molecule has 2 rings (SSSR count). The fourth-order valence-electron chi connectivity index (χ4n) is 2.08. The first-order chi connectivity index (χ1) is 9.26. The maximum absolute atomic E-state index is 12.3. The molecule has 2 heterocycles. The number of rotatable bonds is 5. The number of nitrogens with two attached hydrogens (primary N) is 1. The maximum atomic E-state index is 12.3. The molecule has 1 aliphatic heterocycles. The van der Waals surface area contributed by atoms with Gasteiger partial charge in [-0.15, -0.1) is 0 Å². The van der Waals surface area contributed by atoms with Crippen molar-refractivity contribution < 1.29 is 8.42 Å². The van der Waals surface area contributed by atoms with Gasteiger partial charge in [0.2, 0.25) is 10.0 Å². The van der Waals surface area contributed by atoms with E-state index in [0.717, 1.165) is 34.6 Å². The van der Waals surface area contributed by atoms with Gasteiger partial charge in [0.25, 0.3) is 0 Å². The number of hydrogen-bond acceptors (Lipinski definition) is 7. The van der Waals surface area contributed by atoms with Crippen molar-refractivity contribution in [2.75, 3.05) is 37.4 Å². The normalized spacial score (nSPS) is 23.4. The lowest BCUT2D eigenvalue weighted by Crippen LogP contribution is -2.28. The Morgan fingerprint density at radius 2 is 2.20 bits per heavy atom. The van der Waals surface area contributed by atoms with Crippen molar-refractivity contribution >= 4 is 44.1 Å². The molecule has 0 saturated carbocycles. The summed E-state index contributed by atoms with van der Waals surface area (Å²) >= 11 is 3.02. The lowest BCUT2D eigenvalue weighted by molar-refractivity contribution is 0.521. The zero-order valence-electron chi connectivity index (χ0n) is 11.8. The summed E-state index contributed by atoms with van der Waals surface area (Å²) < 4.78 is 29.8. The third-order valence-electron chi connectivity index (χ3n) is 3.34. The summed E-state index contributed by atoms with van der Waals surface area (Å²) in [4.78, 5) is 0.0964. The van der Waals surface area contributed by atoms with E-state index in [1.165, 1.54) is 20.5 Å². The van der Waals surface area contributed by atoms with E-state index in [2.05, 4.69) is 16.6 Å². The Morgan fingerprint density at radius 3 is 2.75 bits per heavy atom. The second-order valence-corrected chi connectivity index (χ2v) is 9.81. The SMILES string of the molecule is CN(C)S(=O)(=O)c1c(N)nsc1NCC1(C)CCCS1. The number of aromatic nitrogens is 1. The first-order valence-electron chi connectivity index (χ1n) is 6.32. The number of nitrogens with one attached hydrogen (secondary N) is 1. The molecule has 3 N–H and O–H groups in total. The van der Waals surface area contributed by atoms with Gasteiger partial charge in [0.15, 0.2) is 10.7 Å². The van der Waals surface area contributed by atoms with Crippen LogP contribution in [0.1, 0.15) is 19.8 Å². The molecule has 0 spiro atoms. The number of sulfonamides is 1. The Hall–Kier alpha value is -0.510. The van der Waals surface area contributed by atoms with Crippen molar-refractivity contribution in [1.29, 1.82) is 0 Å². The fourth-order valence-corrected chi connectivity index (χ4v) is 5.40. The molecular weight excluding hydrogens is 316 g/mol. The molecule has 1 fully saturated rings. The van der Waals surface area contributed by atoms with Gasteiger partial charge in [-0.1, -0.05) is 0 Å². The topological polar surface area (TPSA) is 88.3 Å². The molecule has 1 atom stereocenters. The minimum Gasteiger partial charge on any atom is -0.382 e. The van der Waals surface area contributed by atoms with Crippen molar-refractivity contribution in [2.24, 2.45) is 0 Å². The van der Waals surface area contributed by atoms with E-state index < -0.39 is 10.0 Å². The molecule has 0 radical (unpaired) electrons. The van der Waals surface area contributed by atoms with Crippen LogP contribution in [0.3, 0.4) is 0 Å². The van der Waals surface area contributed by atoms with Crippen molar-refractivity contribution in [1.82, 2.24) is 8.68 Å². The molecule has 0 aromatic carbocycles. The van der Waals surface area contributed by atoms with Gasteiger partial charge in [-0.3, -0.25) is 0 Å².